The van der Waals surface area contributed by atoms with E-state index in [4.69, 9.17) is 10.5 Å². The number of nitrogen functional groups attached to an aromatic ring is 1. The summed E-state index contributed by atoms with van der Waals surface area (Å²) in [4.78, 5) is 5.21. The molecule has 2 N–H and O–H groups in total. The van der Waals surface area contributed by atoms with Gasteiger partial charge in [0.05, 0.1) is 5.69 Å². The smallest absolute Gasteiger partial charge is 0.142 e. The number of benzene rings is 1. The van der Waals surface area contributed by atoms with Crippen LogP contribution in [0.3, 0.4) is 0 Å². The summed E-state index contributed by atoms with van der Waals surface area (Å²) in [5.41, 5.74) is 6.62. The molecule has 0 saturated carbocycles. The number of ether oxygens (including phenoxy) is 1. The number of hydrogen-bond acceptors (Lipinski definition) is 4. The fourth-order valence-electron chi connectivity index (χ4n) is 3.44. The molecular weight excluding hydrogens is 250 g/mol. The Morgan fingerprint density at radius 2 is 2.15 bits per heavy atom. The summed E-state index contributed by atoms with van der Waals surface area (Å²) in [6, 6.07) is 9.12. The molecule has 4 heteroatoms. The predicted molar refractivity (Wildman–Crippen MR) is 82.0 cm³/mol. The fourth-order valence-corrected chi connectivity index (χ4v) is 3.44. The van der Waals surface area contributed by atoms with Crippen LogP contribution in [0.15, 0.2) is 24.3 Å². The van der Waals surface area contributed by atoms with Crippen molar-refractivity contribution in [3.8, 4) is 5.75 Å². The highest BCUT2D eigenvalue weighted by Crippen LogP contribution is 2.24. The highest BCUT2D eigenvalue weighted by molar-refractivity contribution is 5.51. The summed E-state index contributed by atoms with van der Waals surface area (Å²) in [6.45, 7) is 7.71. The Hall–Kier alpha value is -1.26. The van der Waals surface area contributed by atoms with Crippen molar-refractivity contribution in [3.63, 3.8) is 0 Å². The van der Waals surface area contributed by atoms with Gasteiger partial charge in [0.2, 0.25) is 0 Å². The quantitative estimate of drug-likeness (QED) is 0.851. The van der Waals surface area contributed by atoms with Gasteiger partial charge in [-0.3, -0.25) is 9.80 Å². The zero-order valence-electron chi connectivity index (χ0n) is 12.3. The molecule has 1 aromatic rings. The van der Waals surface area contributed by atoms with Crippen molar-refractivity contribution in [2.45, 2.75) is 31.8 Å². The number of para-hydroxylation sites is 2. The molecule has 2 fully saturated rings. The van der Waals surface area contributed by atoms with Crippen LogP contribution >= 0.6 is 0 Å². The maximum Gasteiger partial charge on any atom is 0.142 e. The van der Waals surface area contributed by atoms with Crippen LogP contribution in [0.25, 0.3) is 0 Å². The Labute approximate surface area is 121 Å². The average Bonchev–Trinajstić information content (AvgIpc) is 2.88. The molecule has 2 atom stereocenters. The van der Waals surface area contributed by atoms with Crippen molar-refractivity contribution in [3.05, 3.63) is 24.3 Å². The second-order valence-corrected chi connectivity index (χ2v) is 6.02. The van der Waals surface area contributed by atoms with Crippen molar-refractivity contribution in [2.75, 3.05) is 38.5 Å². The van der Waals surface area contributed by atoms with Gasteiger partial charge in [0.15, 0.2) is 0 Å². The summed E-state index contributed by atoms with van der Waals surface area (Å²) >= 11 is 0. The lowest BCUT2D eigenvalue weighted by molar-refractivity contribution is 0.0501. The lowest BCUT2D eigenvalue weighted by Crippen LogP contribution is -2.55. The van der Waals surface area contributed by atoms with Crippen molar-refractivity contribution in [2.24, 2.45) is 0 Å². The van der Waals surface area contributed by atoms with E-state index in [2.05, 4.69) is 16.7 Å². The molecule has 20 heavy (non-hydrogen) atoms. The molecule has 2 aliphatic rings. The van der Waals surface area contributed by atoms with Gasteiger partial charge in [-0.2, -0.15) is 0 Å². The van der Waals surface area contributed by atoms with Crippen LogP contribution in [0.5, 0.6) is 5.75 Å². The van der Waals surface area contributed by atoms with Crippen LogP contribution in [0.4, 0.5) is 5.69 Å². The number of piperazine rings is 1. The van der Waals surface area contributed by atoms with Crippen molar-refractivity contribution in [1.82, 2.24) is 9.80 Å². The van der Waals surface area contributed by atoms with Crippen molar-refractivity contribution >= 4 is 5.69 Å². The van der Waals surface area contributed by atoms with E-state index in [-0.39, 0.29) is 0 Å². The highest BCUT2D eigenvalue weighted by Gasteiger charge is 2.33. The SMILES string of the molecule is CC1CN2CCCC2CN1CCOc1ccccc1N. The molecule has 110 valence electrons. The highest BCUT2D eigenvalue weighted by atomic mass is 16.5. The number of hydrogen-bond donors (Lipinski definition) is 1. The Balaban J connectivity index is 1.49. The molecular formula is C16H25N3O. The third-order valence-corrected chi connectivity index (χ3v) is 4.62. The van der Waals surface area contributed by atoms with Crippen LogP contribution in [-0.2, 0) is 0 Å². The van der Waals surface area contributed by atoms with E-state index in [1.807, 2.05) is 24.3 Å². The molecule has 3 rings (SSSR count). The number of rotatable bonds is 4. The van der Waals surface area contributed by atoms with Gasteiger partial charge in [-0.1, -0.05) is 12.1 Å². The molecule has 0 aliphatic carbocycles. The molecule has 2 heterocycles. The minimum absolute atomic E-state index is 0.626. The summed E-state index contributed by atoms with van der Waals surface area (Å²) in [7, 11) is 0. The summed E-state index contributed by atoms with van der Waals surface area (Å²) in [6.07, 6.45) is 2.72. The maximum absolute atomic E-state index is 5.89. The topological polar surface area (TPSA) is 41.7 Å². The van der Waals surface area contributed by atoms with Crippen molar-refractivity contribution < 1.29 is 4.74 Å². The summed E-state index contributed by atoms with van der Waals surface area (Å²) in [5, 5.41) is 0. The van der Waals surface area contributed by atoms with E-state index >= 15 is 0 Å². The average molecular weight is 275 g/mol. The molecule has 0 radical (unpaired) electrons. The molecule has 2 unspecified atom stereocenters. The standard InChI is InChI=1S/C16H25N3O/c1-13-11-19-8-4-5-14(19)12-18(13)9-10-20-16-7-3-2-6-15(16)17/h2-3,6-7,13-14H,4-5,8-12,17H2,1H3. The van der Waals surface area contributed by atoms with Gasteiger partial charge in [0.1, 0.15) is 12.4 Å². The predicted octanol–water partition coefficient (Wildman–Crippen LogP) is 1.82. The van der Waals surface area contributed by atoms with Crippen LogP contribution < -0.4 is 10.5 Å². The molecule has 4 nitrogen and oxygen atoms in total. The summed E-state index contributed by atoms with van der Waals surface area (Å²) in [5.74, 6) is 0.805. The zero-order valence-corrected chi connectivity index (χ0v) is 12.3. The Bertz CT molecular complexity index is 451. The van der Waals surface area contributed by atoms with Gasteiger partial charge in [-0.25, -0.2) is 0 Å². The van der Waals surface area contributed by atoms with Gasteiger partial charge >= 0.3 is 0 Å². The van der Waals surface area contributed by atoms with Crippen molar-refractivity contribution in [1.29, 1.82) is 0 Å². The van der Waals surface area contributed by atoms with E-state index in [1.165, 1.54) is 32.5 Å². The van der Waals surface area contributed by atoms with E-state index < -0.39 is 0 Å². The van der Waals surface area contributed by atoms with Gasteiger partial charge in [-0.15, -0.1) is 0 Å². The van der Waals surface area contributed by atoms with Gasteiger partial charge < -0.3 is 10.5 Å². The number of fused-ring (bicyclic) bond motifs is 1. The first-order valence-electron chi connectivity index (χ1n) is 7.69. The van der Waals surface area contributed by atoms with E-state index in [9.17, 15) is 0 Å². The van der Waals surface area contributed by atoms with Gasteiger partial charge in [0, 0.05) is 31.7 Å². The van der Waals surface area contributed by atoms with E-state index in [1.54, 1.807) is 0 Å². The fraction of sp³-hybridized carbons (Fsp3) is 0.625. The normalized spacial score (nSPS) is 27.4. The molecule has 0 bridgehead atoms. The van der Waals surface area contributed by atoms with Crippen LogP contribution in [-0.4, -0.2) is 54.7 Å². The summed E-state index contributed by atoms with van der Waals surface area (Å²) < 4.78 is 5.82. The monoisotopic (exact) mass is 275 g/mol. The molecule has 0 aromatic heterocycles. The van der Waals surface area contributed by atoms with Crippen LogP contribution in [0.2, 0.25) is 0 Å². The second-order valence-electron chi connectivity index (χ2n) is 6.02. The molecule has 0 spiro atoms. The van der Waals surface area contributed by atoms with Gasteiger partial charge in [-0.05, 0) is 38.4 Å². The number of anilines is 1. The zero-order chi connectivity index (χ0) is 13.9. The first-order chi connectivity index (χ1) is 9.74. The second kappa shape index (κ2) is 6.02. The number of nitrogens with two attached hydrogens (primary N) is 1. The minimum Gasteiger partial charge on any atom is -0.490 e. The lowest BCUT2D eigenvalue weighted by atomic mass is 10.1. The minimum atomic E-state index is 0.626. The third-order valence-electron chi connectivity index (χ3n) is 4.62. The molecule has 1 aromatic carbocycles. The Morgan fingerprint density at radius 1 is 1.30 bits per heavy atom. The Morgan fingerprint density at radius 3 is 3.00 bits per heavy atom. The van der Waals surface area contributed by atoms with Crippen LogP contribution in [0, 0.1) is 0 Å². The lowest BCUT2D eigenvalue weighted by Gasteiger charge is -2.42. The molecule has 0 amide bonds. The Kier molecular flexibility index (Phi) is 4.13. The van der Waals surface area contributed by atoms with E-state index in [0.717, 1.165) is 24.0 Å². The van der Waals surface area contributed by atoms with Gasteiger partial charge in [0.25, 0.3) is 0 Å². The van der Waals surface area contributed by atoms with Crippen LogP contribution in [0.1, 0.15) is 19.8 Å². The maximum atomic E-state index is 5.89. The third kappa shape index (κ3) is 2.91. The first kappa shape index (κ1) is 13.7. The largest absolute Gasteiger partial charge is 0.490 e. The number of nitrogens with zero attached hydrogens (tertiary/aromatic N) is 2. The molecule has 2 saturated heterocycles. The van der Waals surface area contributed by atoms with E-state index in [0.29, 0.717) is 12.6 Å². The molecule has 2 aliphatic heterocycles. The first-order valence-corrected chi connectivity index (χ1v) is 7.69.